The molecule has 0 fully saturated rings. The minimum absolute atomic E-state index is 0.101. The first kappa shape index (κ1) is 57.6. The van der Waals surface area contributed by atoms with Gasteiger partial charge in [0.25, 0.3) is 0 Å². The molecule has 0 rings (SSSR count). The molecule has 348 valence electrons. The predicted octanol–water partition coefficient (Wildman–Crippen LogP) is 16.4. The lowest BCUT2D eigenvalue weighted by Crippen LogP contribution is -2.30. The van der Waals surface area contributed by atoms with Crippen molar-refractivity contribution in [1.82, 2.24) is 0 Å². The summed E-state index contributed by atoms with van der Waals surface area (Å²) < 4.78 is 16.7. The summed E-state index contributed by atoms with van der Waals surface area (Å²) in [5, 5.41) is 0. The molecule has 0 radical (unpaired) electrons. The molecule has 0 aromatic carbocycles. The van der Waals surface area contributed by atoms with Crippen molar-refractivity contribution in [2.75, 3.05) is 13.2 Å². The van der Waals surface area contributed by atoms with Gasteiger partial charge in [-0.1, -0.05) is 183 Å². The van der Waals surface area contributed by atoms with Gasteiger partial charge in [-0.3, -0.25) is 14.4 Å². The summed E-state index contributed by atoms with van der Waals surface area (Å²) >= 11 is 0. The van der Waals surface area contributed by atoms with Crippen LogP contribution in [0.25, 0.3) is 0 Å². The molecule has 6 nitrogen and oxygen atoms in total. The number of carbonyl (C=O) groups is 3. The van der Waals surface area contributed by atoms with Crippen LogP contribution < -0.4 is 0 Å². The first-order chi connectivity index (χ1) is 30.0. The highest BCUT2D eigenvalue weighted by Crippen LogP contribution is 2.13. The monoisotopic (exact) mass is 849 g/mol. The van der Waals surface area contributed by atoms with Gasteiger partial charge >= 0.3 is 17.9 Å². The second-order valence-corrected chi connectivity index (χ2v) is 16.3. The van der Waals surface area contributed by atoms with Gasteiger partial charge in [-0.25, -0.2) is 0 Å². The van der Waals surface area contributed by atoms with E-state index in [0.717, 1.165) is 103 Å². The van der Waals surface area contributed by atoms with E-state index in [1.54, 1.807) is 0 Å². The summed E-state index contributed by atoms with van der Waals surface area (Å²) in [5.74, 6) is -0.963. The van der Waals surface area contributed by atoms with E-state index in [-0.39, 0.29) is 37.5 Å². The van der Waals surface area contributed by atoms with Crippen molar-refractivity contribution in [3.05, 3.63) is 85.1 Å². The average Bonchev–Trinajstić information content (AvgIpc) is 3.26. The molecule has 61 heavy (non-hydrogen) atoms. The summed E-state index contributed by atoms with van der Waals surface area (Å²) in [4.78, 5) is 37.9. The molecule has 0 aliphatic heterocycles. The van der Waals surface area contributed by atoms with Crippen LogP contribution in [0.15, 0.2) is 85.1 Å². The Morgan fingerprint density at radius 3 is 1.10 bits per heavy atom. The fourth-order valence-electron chi connectivity index (χ4n) is 6.56. The Morgan fingerprint density at radius 1 is 0.344 bits per heavy atom. The van der Waals surface area contributed by atoms with E-state index in [9.17, 15) is 14.4 Å². The Kier molecular flexibility index (Phi) is 46.5. The quantitative estimate of drug-likeness (QED) is 0.0263. The van der Waals surface area contributed by atoms with Crippen LogP contribution in [-0.2, 0) is 28.6 Å². The van der Waals surface area contributed by atoms with Crippen molar-refractivity contribution in [2.24, 2.45) is 0 Å². The van der Waals surface area contributed by atoms with E-state index in [0.29, 0.717) is 19.3 Å². The third-order valence-electron chi connectivity index (χ3n) is 10.4. The first-order valence-corrected chi connectivity index (χ1v) is 25.1. The van der Waals surface area contributed by atoms with Gasteiger partial charge in [-0.15, -0.1) is 0 Å². The minimum Gasteiger partial charge on any atom is -0.462 e. The molecule has 0 heterocycles. The van der Waals surface area contributed by atoms with Crippen molar-refractivity contribution in [3.8, 4) is 0 Å². The largest absolute Gasteiger partial charge is 0.462 e. The number of hydrogen-bond donors (Lipinski definition) is 0. The number of ether oxygens (including phenoxy) is 3. The summed E-state index contributed by atoms with van der Waals surface area (Å²) in [6.07, 6.45) is 62.8. The van der Waals surface area contributed by atoms with Crippen molar-refractivity contribution in [1.29, 1.82) is 0 Å². The number of hydrogen-bond acceptors (Lipinski definition) is 6. The van der Waals surface area contributed by atoms with Crippen LogP contribution in [0.2, 0.25) is 0 Å². The van der Waals surface area contributed by atoms with E-state index in [4.69, 9.17) is 14.2 Å². The normalized spacial score (nSPS) is 12.8. The first-order valence-electron chi connectivity index (χ1n) is 25.1. The molecule has 0 spiro atoms. The zero-order chi connectivity index (χ0) is 44.4. The molecule has 0 saturated carbocycles. The molecule has 0 aliphatic carbocycles. The zero-order valence-electron chi connectivity index (χ0n) is 39.7. The van der Waals surface area contributed by atoms with Crippen LogP contribution >= 0.6 is 0 Å². The Balaban J connectivity index is 4.46. The number of rotatable bonds is 44. The second kappa shape index (κ2) is 49.2. The topological polar surface area (TPSA) is 78.9 Å². The van der Waals surface area contributed by atoms with Gasteiger partial charge < -0.3 is 14.2 Å². The minimum atomic E-state index is -0.804. The van der Waals surface area contributed by atoms with Crippen LogP contribution in [-0.4, -0.2) is 37.2 Å². The van der Waals surface area contributed by atoms with Gasteiger partial charge in [0.2, 0.25) is 0 Å². The highest BCUT2D eigenvalue weighted by atomic mass is 16.6. The SMILES string of the molecule is CC/C=C\C/C=C\C/C=C\C/C=C\CCCCC(=O)O[C@H](COC(=O)CCCCCCC/C=C\CCCC)COC(=O)CCCCCCCCC/C=C\C/C=C\CCCCC. The second-order valence-electron chi connectivity index (χ2n) is 16.3. The number of esters is 3. The Morgan fingerprint density at radius 2 is 0.656 bits per heavy atom. The van der Waals surface area contributed by atoms with E-state index in [1.165, 1.54) is 77.0 Å². The Bertz CT molecular complexity index is 1200. The van der Waals surface area contributed by atoms with Gasteiger partial charge in [0.1, 0.15) is 13.2 Å². The molecular formula is C55H92O6. The molecule has 0 aliphatic rings. The maximum Gasteiger partial charge on any atom is 0.306 e. The fourth-order valence-corrected chi connectivity index (χ4v) is 6.56. The molecule has 6 heteroatoms. The van der Waals surface area contributed by atoms with Crippen LogP contribution in [0.3, 0.4) is 0 Å². The van der Waals surface area contributed by atoms with Crippen molar-refractivity contribution in [2.45, 2.75) is 232 Å². The van der Waals surface area contributed by atoms with Crippen molar-refractivity contribution >= 4 is 17.9 Å². The van der Waals surface area contributed by atoms with Gasteiger partial charge in [0.15, 0.2) is 6.10 Å². The Hall–Kier alpha value is -3.41. The summed E-state index contributed by atoms with van der Waals surface area (Å²) in [5.41, 5.74) is 0. The lowest BCUT2D eigenvalue weighted by molar-refractivity contribution is -0.167. The summed E-state index contributed by atoms with van der Waals surface area (Å²) in [6, 6.07) is 0. The summed E-state index contributed by atoms with van der Waals surface area (Å²) in [6.45, 7) is 6.40. The van der Waals surface area contributed by atoms with E-state index in [2.05, 4.69) is 106 Å². The third kappa shape index (κ3) is 47.5. The smallest absolute Gasteiger partial charge is 0.306 e. The van der Waals surface area contributed by atoms with Gasteiger partial charge in [-0.2, -0.15) is 0 Å². The maximum atomic E-state index is 12.8. The lowest BCUT2D eigenvalue weighted by atomic mass is 10.1. The third-order valence-corrected chi connectivity index (χ3v) is 10.4. The van der Waals surface area contributed by atoms with Crippen LogP contribution in [0, 0.1) is 0 Å². The molecule has 0 saturated heterocycles. The zero-order valence-corrected chi connectivity index (χ0v) is 39.7. The van der Waals surface area contributed by atoms with E-state index in [1.807, 2.05) is 0 Å². The molecule has 1 atom stereocenters. The molecule has 0 aromatic heterocycles. The molecular weight excluding hydrogens is 757 g/mol. The van der Waals surface area contributed by atoms with Crippen LogP contribution in [0.5, 0.6) is 0 Å². The highest BCUT2D eigenvalue weighted by Gasteiger charge is 2.19. The van der Waals surface area contributed by atoms with E-state index < -0.39 is 6.10 Å². The van der Waals surface area contributed by atoms with Crippen LogP contribution in [0.4, 0.5) is 0 Å². The van der Waals surface area contributed by atoms with Gasteiger partial charge in [0, 0.05) is 19.3 Å². The molecule has 0 N–H and O–H groups in total. The van der Waals surface area contributed by atoms with Crippen molar-refractivity contribution < 1.29 is 28.6 Å². The van der Waals surface area contributed by atoms with Crippen LogP contribution in [0.1, 0.15) is 226 Å². The standard InChI is InChI=1S/C55H92O6/c1-4-7-10-13-16-19-22-24-26-27-29-30-33-36-39-42-45-48-54(57)60-51-52(50-59-53(56)47-44-41-38-35-32-21-18-15-12-9-6-3)61-55(58)49-46-43-40-37-34-31-28-25-23-20-17-14-11-8-5-2/h8,11,15-20,24-26,28,34,37,52H,4-7,9-10,12-14,21-23,27,29-33,35-36,38-51H2,1-3H3/b11-8-,18-15-,19-16-,20-17-,26-24-,28-25-,37-34-/t52-/m1/s1. The van der Waals surface area contributed by atoms with Gasteiger partial charge in [-0.05, 0) is 109 Å². The number of carbonyl (C=O) groups excluding carboxylic acids is 3. The molecule has 0 unspecified atom stereocenters. The summed E-state index contributed by atoms with van der Waals surface area (Å²) in [7, 11) is 0. The predicted molar refractivity (Wildman–Crippen MR) is 261 cm³/mol. The molecule has 0 amide bonds. The van der Waals surface area contributed by atoms with E-state index >= 15 is 0 Å². The fraction of sp³-hybridized carbons (Fsp3) is 0.691. The molecule has 0 bridgehead atoms. The van der Waals surface area contributed by atoms with Gasteiger partial charge in [0.05, 0.1) is 0 Å². The number of unbranched alkanes of at least 4 members (excludes halogenated alkanes) is 19. The number of allylic oxidation sites excluding steroid dienone is 14. The highest BCUT2D eigenvalue weighted by molar-refractivity contribution is 5.71. The van der Waals surface area contributed by atoms with Crippen molar-refractivity contribution in [3.63, 3.8) is 0 Å². The molecule has 0 aromatic rings. The maximum absolute atomic E-state index is 12.8. The Labute approximate surface area is 375 Å². The lowest BCUT2D eigenvalue weighted by Gasteiger charge is -2.18. The average molecular weight is 849 g/mol.